The first-order chi connectivity index (χ1) is 9.83. The molecule has 0 bridgehead atoms. The molecule has 112 valence electrons. The van der Waals surface area contributed by atoms with Gasteiger partial charge in [0.1, 0.15) is 0 Å². The molecule has 0 amide bonds. The molecule has 0 spiro atoms. The number of hydrogen-bond donors (Lipinski definition) is 1. The molecular formula is C18H30N2. The Bertz CT molecular complexity index is 362. The van der Waals surface area contributed by atoms with Crippen LogP contribution in [0.3, 0.4) is 0 Å². The highest BCUT2D eigenvalue weighted by molar-refractivity contribution is 5.45. The normalized spacial score (nSPS) is 15.9. The zero-order valence-electron chi connectivity index (χ0n) is 13.2. The predicted molar refractivity (Wildman–Crippen MR) is 88.5 cm³/mol. The van der Waals surface area contributed by atoms with Crippen LogP contribution in [0, 0.1) is 0 Å². The molecule has 2 nitrogen and oxygen atoms in total. The van der Waals surface area contributed by atoms with Gasteiger partial charge in [-0.25, -0.2) is 0 Å². The van der Waals surface area contributed by atoms with Gasteiger partial charge in [0.25, 0.3) is 0 Å². The first-order valence-electron chi connectivity index (χ1n) is 8.39. The molecule has 0 aromatic heterocycles. The summed E-state index contributed by atoms with van der Waals surface area (Å²) < 4.78 is 0. The van der Waals surface area contributed by atoms with Crippen LogP contribution >= 0.6 is 0 Å². The summed E-state index contributed by atoms with van der Waals surface area (Å²) in [4.78, 5) is 2.48. The van der Waals surface area contributed by atoms with Crippen molar-refractivity contribution in [2.45, 2.75) is 51.9 Å². The van der Waals surface area contributed by atoms with Gasteiger partial charge in [-0.3, -0.25) is 0 Å². The van der Waals surface area contributed by atoms with Crippen LogP contribution in [0.25, 0.3) is 0 Å². The Kier molecular flexibility index (Phi) is 6.38. The Hall–Kier alpha value is -1.02. The fourth-order valence-corrected chi connectivity index (χ4v) is 3.21. The largest absolute Gasteiger partial charge is 0.385 e. The average Bonchev–Trinajstić information content (AvgIpc) is 3.02. The predicted octanol–water partition coefficient (Wildman–Crippen LogP) is 4.49. The maximum absolute atomic E-state index is 3.54. The molecule has 1 aromatic carbocycles. The third-order valence-electron chi connectivity index (χ3n) is 4.61. The van der Waals surface area contributed by atoms with Crippen molar-refractivity contribution in [1.82, 2.24) is 4.90 Å². The van der Waals surface area contributed by atoms with Crippen LogP contribution in [0.1, 0.15) is 57.4 Å². The van der Waals surface area contributed by atoms with Gasteiger partial charge in [0.05, 0.1) is 0 Å². The second-order valence-electron chi connectivity index (χ2n) is 5.91. The molecule has 0 saturated heterocycles. The molecule has 0 unspecified atom stereocenters. The summed E-state index contributed by atoms with van der Waals surface area (Å²) in [6.45, 7) is 9.05. The second kappa shape index (κ2) is 8.31. The molecule has 20 heavy (non-hydrogen) atoms. The Labute approximate surface area is 124 Å². The Balaban J connectivity index is 1.71. The summed E-state index contributed by atoms with van der Waals surface area (Å²) in [5, 5.41) is 3.54. The lowest BCUT2D eigenvalue weighted by molar-refractivity contribution is 0.303. The molecule has 2 rings (SSSR count). The van der Waals surface area contributed by atoms with Crippen molar-refractivity contribution < 1.29 is 0 Å². The van der Waals surface area contributed by atoms with E-state index in [9.17, 15) is 0 Å². The van der Waals surface area contributed by atoms with Gasteiger partial charge in [0.15, 0.2) is 0 Å². The van der Waals surface area contributed by atoms with Gasteiger partial charge in [0.2, 0.25) is 0 Å². The van der Waals surface area contributed by atoms with Crippen molar-refractivity contribution >= 4 is 5.69 Å². The van der Waals surface area contributed by atoms with Crippen LogP contribution in [0.5, 0.6) is 0 Å². The van der Waals surface area contributed by atoms with Gasteiger partial charge in [0, 0.05) is 12.2 Å². The molecule has 0 aliphatic heterocycles. The zero-order valence-corrected chi connectivity index (χ0v) is 13.2. The van der Waals surface area contributed by atoms with Crippen LogP contribution in [-0.2, 0) is 0 Å². The molecule has 0 atom stereocenters. The molecule has 1 aromatic rings. The van der Waals surface area contributed by atoms with Crippen molar-refractivity contribution in [1.29, 1.82) is 0 Å². The number of rotatable bonds is 8. The highest BCUT2D eigenvalue weighted by Gasteiger charge is 2.16. The third kappa shape index (κ3) is 4.52. The van der Waals surface area contributed by atoms with E-state index >= 15 is 0 Å². The molecule has 0 radical (unpaired) electrons. The van der Waals surface area contributed by atoms with E-state index in [1.54, 1.807) is 0 Å². The van der Waals surface area contributed by atoms with E-state index in [1.807, 2.05) is 0 Å². The maximum atomic E-state index is 3.54. The van der Waals surface area contributed by atoms with Crippen LogP contribution in [0.15, 0.2) is 24.3 Å². The van der Waals surface area contributed by atoms with Crippen molar-refractivity contribution in [2.24, 2.45) is 0 Å². The smallest absolute Gasteiger partial charge is 0.0340 e. The van der Waals surface area contributed by atoms with Crippen molar-refractivity contribution in [3.63, 3.8) is 0 Å². The third-order valence-corrected chi connectivity index (χ3v) is 4.61. The lowest BCUT2D eigenvalue weighted by Gasteiger charge is -2.18. The van der Waals surface area contributed by atoms with Crippen molar-refractivity contribution in [2.75, 3.05) is 31.5 Å². The first-order valence-corrected chi connectivity index (χ1v) is 8.39. The quantitative estimate of drug-likeness (QED) is 0.703. The molecule has 1 fully saturated rings. The second-order valence-corrected chi connectivity index (χ2v) is 5.91. The molecule has 1 saturated carbocycles. The first kappa shape index (κ1) is 15.4. The van der Waals surface area contributed by atoms with Gasteiger partial charge in [-0.1, -0.05) is 38.8 Å². The number of benzene rings is 1. The molecule has 1 aliphatic rings. The summed E-state index contributed by atoms with van der Waals surface area (Å²) in [6.07, 6.45) is 6.81. The molecule has 1 N–H and O–H groups in total. The van der Waals surface area contributed by atoms with Gasteiger partial charge in [-0.05, 0) is 62.5 Å². The summed E-state index contributed by atoms with van der Waals surface area (Å²) in [6, 6.07) is 9.15. The van der Waals surface area contributed by atoms with E-state index in [-0.39, 0.29) is 0 Å². The Morgan fingerprint density at radius 3 is 2.30 bits per heavy atom. The molecule has 2 heteroatoms. The summed E-state index contributed by atoms with van der Waals surface area (Å²) in [5.41, 5.74) is 2.81. The Morgan fingerprint density at radius 1 is 1.05 bits per heavy atom. The minimum Gasteiger partial charge on any atom is -0.385 e. The Morgan fingerprint density at radius 2 is 1.70 bits per heavy atom. The summed E-state index contributed by atoms with van der Waals surface area (Å²) in [5.74, 6) is 0.826. The monoisotopic (exact) mass is 274 g/mol. The standard InChI is InChI=1S/C18H30N2/c1-3-20(4-2)15-7-14-19-18-12-10-17(11-13-18)16-8-5-6-9-16/h10-13,16,19H,3-9,14-15H2,1-2H3. The fraction of sp³-hybridized carbons (Fsp3) is 0.667. The number of hydrogen-bond acceptors (Lipinski definition) is 2. The number of nitrogens with one attached hydrogen (secondary N) is 1. The minimum absolute atomic E-state index is 0.826. The topological polar surface area (TPSA) is 15.3 Å². The van der Waals surface area contributed by atoms with Crippen molar-refractivity contribution in [3.05, 3.63) is 29.8 Å². The van der Waals surface area contributed by atoms with Gasteiger partial charge < -0.3 is 10.2 Å². The van der Waals surface area contributed by atoms with E-state index in [0.717, 1.165) is 25.6 Å². The average molecular weight is 274 g/mol. The van der Waals surface area contributed by atoms with E-state index in [1.165, 1.54) is 49.9 Å². The highest BCUT2D eigenvalue weighted by Crippen LogP contribution is 2.34. The molecule has 1 aliphatic carbocycles. The number of nitrogens with zero attached hydrogens (tertiary/aromatic N) is 1. The number of anilines is 1. The molecule has 0 heterocycles. The van der Waals surface area contributed by atoms with Crippen LogP contribution in [0.2, 0.25) is 0 Å². The molecular weight excluding hydrogens is 244 g/mol. The zero-order chi connectivity index (χ0) is 14.2. The lowest BCUT2D eigenvalue weighted by Crippen LogP contribution is -2.25. The van der Waals surface area contributed by atoms with E-state index in [4.69, 9.17) is 0 Å². The summed E-state index contributed by atoms with van der Waals surface area (Å²) >= 11 is 0. The van der Waals surface area contributed by atoms with Gasteiger partial charge in [-0.15, -0.1) is 0 Å². The van der Waals surface area contributed by atoms with Crippen molar-refractivity contribution in [3.8, 4) is 0 Å². The van der Waals surface area contributed by atoms with E-state index in [0.29, 0.717) is 0 Å². The van der Waals surface area contributed by atoms with Crippen LogP contribution in [-0.4, -0.2) is 31.1 Å². The van der Waals surface area contributed by atoms with Crippen LogP contribution < -0.4 is 5.32 Å². The SMILES string of the molecule is CCN(CC)CCCNc1ccc(C2CCCC2)cc1. The summed E-state index contributed by atoms with van der Waals surface area (Å²) in [7, 11) is 0. The fourth-order valence-electron chi connectivity index (χ4n) is 3.21. The maximum Gasteiger partial charge on any atom is 0.0340 e. The minimum atomic E-state index is 0.826. The highest BCUT2D eigenvalue weighted by atomic mass is 15.1. The van der Waals surface area contributed by atoms with E-state index in [2.05, 4.69) is 48.3 Å². The van der Waals surface area contributed by atoms with E-state index < -0.39 is 0 Å². The van der Waals surface area contributed by atoms with Crippen LogP contribution in [0.4, 0.5) is 5.69 Å². The van der Waals surface area contributed by atoms with Gasteiger partial charge in [-0.2, -0.15) is 0 Å². The lowest BCUT2D eigenvalue weighted by atomic mass is 9.98. The van der Waals surface area contributed by atoms with Gasteiger partial charge >= 0.3 is 0 Å².